The molecule has 35 heavy (non-hydrogen) atoms. The number of carbonyl (C=O) groups excluding carboxylic acids is 2. The van der Waals surface area contributed by atoms with Gasteiger partial charge in [0.1, 0.15) is 0 Å². The van der Waals surface area contributed by atoms with Crippen molar-refractivity contribution in [2.75, 3.05) is 18.1 Å². The second kappa shape index (κ2) is 11.0. The molecule has 0 aliphatic carbocycles. The second-order valence-corrected chi connectivity index (χ2v) is 10.2. The van der Waals surface area contributed by atoms with Crippen LogP contribution in [0.1, 0.15) is 52.1 Å². The molecule has 4 rings (SSSR count). The Hall–Kier alpha value is -3.29. The number of benzene rings is 3. The number of amides is 2. The predicted octanol–water partition coefficient (Wildman–Crippen LogP) is 4.87. The van der Waals surface area contributed by atoms with E-state index in [1.54, 1.807) is 47.4 Å². The summed E-state index contributed by atoms with van der Waals surface area (Å²) in [7, 11) is -1.56. The van der Waals surface area contributed by atoms with Crippen molar-refractivity contribution in [3.8, 4) is 0 Å². The molecule has 182 valence electrons. The zero-order valence-electron chi connectivity index (χ0n) is 20.2. The van der Waals surface area contributed by atoms with E-state index >= 15 is 0 Å². The number of hydrogen-bond donors (Lipinski definition) is 1. The summed E-state index contributed by atoms with van der Waals surface area (Å²) >= 11 is 0. The van der Waals surface area contributed by atoms with Crippen LogP contribution in [0.25, 0.3) is 0 Å². The number of ether oxygens (including phenoxy) is 1. The number of aryl methyl sites for hydroxylation is 1. The summed E-state index contributed by atoms with van der Waals surface area (Å²) in [6.45, 7) is 7.30. The minimum atomic E-state index is -1.56. The summed E-state index contributed by atoms with van der Waals surface area (Å²) in [5, 5.41) is 2.91. The molecular weight excluding hydrogens is 460 g/mol. The molecular formula is C28H30N2O4S. The van der Waals surface area contributed by atoms with Crippen LogP contribution >= 0.6 is 0 Å². The topological polar surface area (TPSA) is 75.7 Å². The van der Waals surface area contributed by atoms with Gasteiger partial charge in [-0.2, -0.15) is 0 Å². The van der Waals surface area contributed by atoms with E-state index in [0.717, 1.165) is 11.1 Å². The molecule has 6 nitrogen and oxygen atoms in total. The molecule has 7 heteroatoms. The standard InChI is InChI=1S/C28H30N2O4S/c1-19(2)34-16-8-15-29-27(31)21-13-14-26-24(17-21)30(18-22-10-5-4-9-20(22)3)28(32)23-11-6-7-12-25(23)35(26)33/h4-7,9-14,17,19H,8,15-16,18H2,1-3H3,(H,29,31). The Morgan fingerprint density at radius 2 is 1.77 bits per heavy atom. The lowest BCUT2D eigenvalue weighted by atomic mass is 10.1. The van der Waals surface area contributed by atoms with Gasteiger partial charge in [0.15, 0.2) is 0 Å². The van der Waals surface area contributed by atoms with Crippen molar-refractivity contribution in [3.63, 3.8) is 0 Å². The summed E-state index contributed by atoms with van der Waals surface area (Å²) in [4.78, 5) is 29.2. The highest BCUT2D eigenvalue weighted by molar-refractivity contribution is 7.85. The average Bonchev–Trinajstić information content (AvgIpc) is 2.94. The number of nitrogens with zero attached hydrogens (tertiary/aromatic N) is 1. The van der Waals surface area contributed by atoms with Crippen LogP contribution in [0.4, 0.5) is 5.69 Å². The van der Waals surface area contributed by atoms with Gasteiger partial charge < -0.3 is 15.0 Å². The molecule has 0 spiro atoms. The molecule has 1 heterocycles. The lowest BCUT2D eigenvalue weighted by molar-refractivity contribution is 0.0757. The highest BCUT2D eigenvalue weighted by atomic mass is 32.2. The first-order chi connectivity index (χ1) is 16.9. The van der Waals surface area contributed by atoms with E-state index in [0.29, 0.717) is 52.7 Å². The maximum Gasteiger partial charge on any atom is 0.259 e. The normalized spacial score (nSPS) is 14.9. The van der Waals surface area contributed by atoms with Crippen LogP contribution in [0.3, 0.4) is 0 Å². The predicted molar refractivity (Wildman–Crippen MR) is 137 cm³/mol. The lowest BCUT2D eigenvalue weighted by Crippen LogP contribution is -2.31. The van der Waals surface area contributed by atoms with Crippen molar-refractivity contribution in [3.05, 3.63) is 89.0 Å². The highest BCUT2D eigenvalue weighted by Crippen LogP contribution is 2.36. The monoisotopic (exact) mass is 490 g/mol. The van der Waals surface area contributed by atoms with Crippen LogP contribution in [-0.4, -0.2) is 35.3 Å². The number of hydrogen-bond acceptors (Lipinski definition) is 4. The molecule has 1 atom stereocenters. The summed E-state index contributed by atoms with van der Waals surface area (Å²) in [6, 6.07) is 19.9. The Morgan fingerprint density at radius 1 is 1.03 bits per heavy atom. The Kier molecular flexibility index (Phi) is 7.78. The minimum Gasteiger partial charge on any atom is -0.379 e. The molecule has 1 unspecified atom stereocenters. The van der Waals surface area contributed by atoms with E-state index in [4.69, 9.17) is 4.74 Å². The van der Waals surface area contributed by atoms with E-state index in [1.807, 2.05) is 45.0 Å². The molecule has 0 radical (unpaired) electrons. The fraction of sp³-hybridized carbons (Fsp3) is 0.286. The zero-order chi connectivity index (χ0) is 24.9. The van der Waals surface area contributed by atoms with Gasteiger partial charge in [0.25, 0.3) is 11.8 Å². The third-order valence-corrected chi connectivity index (χ3v) is 7.42. The Bertz CT molecular complexity index is 1270. The Morgan fingerprint density at radius 3 is 2.54 bits per heavy atom. The Balaban J connectivity index is 1.68. The van der Waals surface area contributed by atoms with E-state index in [9.17, 15) is 13.8 Å². The number of nitrogens with one attached hydrogen (secondary N) is 1. The lowest BCUT2D eigenvalue weighted by Gasteiger charge is -2.24. The van der Waals surface area contributed by atoms with Crippen molar-refractivity contribution < 1.29 is 18.5 Å². The van der Waals surface area contributed by atoms with Crippen molar-refractivity contribution >= 4 is 28.3 Å². The van der Waals surface area contributed by atoms with Crippen molar-refractivity contribution in [2.24, 2.45) is 0 Å². The van der Waals surface area contributed by atoms with Crippen LogP contribution in [0.2, 0.25) is 0 Å². The van der Waals surface area contributed by atoms with E-state index in [1.165, 1.54) is 0 Å². The molecule has 3 aromatic carbocycles. The smallest absolute Gasteiger partial charge is 0.259 e. The first kappa shape index (κ1) is 24.8. The van der Waals surface area contributed by atoms with Crippen molar-refractivity contribution in [2.45, 2.75) is 49.6 Å². The van der Waals surface area contributed by atoms with E-state index in [-0.39, 0.29) is 17.9 Å². The molecule has 1 aliphatic rings. The van der Waals surface area contributed by atoms with Crippen molar-refractivity contribution in [1.29, 1.82) is 0 Å². The molecule has 0 fully saturated rings. The maximum absolute atomic E-state index is 13.7. The molecule has 0 bridgehead atoms. The summed E-state index contributed by atoms with van der Waals surface area (Å²) in [5.41, 5.74) is 3.35. The van der Waals surface area contributed by atoms with Gasteiger partial charge in [-0.3, -0.25) is 9.59 Å². The van der Waals surface area contributed by atoms with Gasteiger partial charge in [-0.25, -0.2) is 4.21 Å². The SMILES string of the molecule is Cc1ccccc1CN1C(=O)c2ccccc2S(=O)c2ccc(C(=O)NCCCOC(C)C)cc21. The van der Waals surface area contributed by atoms with Gasteiger partial charge in [-0.15, -0.1) is 0 Å². The molecule has 3 aromatic rings. The fourth-order valence-electron chi connectivity index (χ4n) is 4.01. The van der Waals surface area contributed by atoms with Crippen LogP contribution in [-0.2, 0) is 22.1 Å². The molecule has 2 amide bonds. The second-order valence-electron chi connectivity index (χ2n) is 8.79. The van der Waals surface area contributed by atoms with Gasteiger partial charge in [0.05, 0.1) is 44.5 Å². The minimum absolute atomic E-state index is 0.150. The molecule has 1 N–H and O–H groups in total. The molecule has 0 saturated heterocycles. The van der Waals surface area contributed by atoms with Gasteiger partial charge in [0.2, 0.25) is 0 Å². The first-order valence-corrected chi connectivity index (χ1v) is 12.9. The first-order valence-electron chi connectivity index (χ1n) is 11.8. The van der Waals surface area contributed by atoms with Crippen LogP contribution in [0.15, 0.2) is 76.5 Å². The average molecular weight is 491 g/mol. The van der Waals surface area contributed by atoms with Gasteiger partial charge >= 0.3 is 0 Å². The Labute approximate surface area is 208 Å². The van der Waals surface area contributed by atoms with Crippen LogP contribution in [0.5, 0.6) is 0 Å². The maximum atomic E-state index is 13.7. The van der Waals surface area contributed by atoms with E-state index in [2.05, 4.69) is 5.32 Å². The highest BCUT2D eigenvalue weighted by Gasteiger charge is 2.31. The van der Waals surface area contributed by atoms with Crippen LogP contribution < -0.4 is 10.2 Å². The molecule has 0 aromatic heterocycles. The quantitative estimate of drug-likeness (QED) is 0.457. The van der Waals surface area contributed by atoms with Gasteiger partial charge in [0, 0.05) is 18.7 Å². The molecule has 1 aliphatic heterocycles. The zero-order valence-corrected chi connectivity index (χ0v) is 21.1. The van der Waals surface area contributed by atoms with Crippen molar-refractivity contribution in [1.82, 2.24) is 5.32 Å². The molecule has 0 saturated carbocycles. The fourth-order valence-corrected chi connectivity index (χ4v) is 5.36. The number of anilines is 1. The third-order valence-electron chi connectivity index (χ3n) is 5.92. The van der Waals surface area contributed by atoms with Crippen LogP contribution in [0, 0.1) is 6.92 Å². The largest absolute Gasteiger partial charge is 0.379 e. The van der Waals surface area contributed by atoms with Gasteiger partial charge in [-0.1, -0.05) is 36.4 Å². The number of carbonyl (C=O) groups is 2. The summed E-state index contributed by atoms with van der Waals surface area (Å²) in [5.74, 6) is -0.479. The number of fused-ring (bicyclic) bond motifs is 2. The summed E-state index contributed by atoms with van der Waals surface area (Å²) in [6.07, 6.45) is 0.851. The number of rotatable bonds is 8. The van der Waals surface area contributed by atoms with Gasteiger partial charge in [-0.05, 0) is 68.7 Å². The third kappa shape index (κ3) is 5.52. The van der Waals surface area contributed by atoms with E-state index < -0.39 is 10.8 Å². The summed E-state index contributed by atoms with van der Waals surface area (Å²) < 4.78 is 19.1.